The van der Waals surface area contributed by atoms with Crippen LogP contribution in [0.25, 0.3) is 0 Å². The first-order valence-corrected chi connectivity index (χ1v) is 6.02. The number of hydrogen-bond donors (Lipinski definition) is 1. The first-order valence-electron chi connectivity index (χ1n) is 6.02. The molecule has 0 amide bonds. The third kappa shape index (κ3) is 2.53. The molecule has 0 saturated heterocycles. The van der Waals surface area contributed by atoms with Crippen molar-refractivity contribution in [3.05, 3.63) is 23.9 Å². The second-order valence-corrected chi connectivity index (χ2v) is 4.80. The molecule has 2 rings (SSSR count). The summed E-state index contributed by atoms with van der Waals surface area (Å²) in [5.41, 5.74) is 0.936. The SMILES string of the molecule is C[C@H](O)c1ccnc(N(C)CC2CCC2)c1. The van der Waals surface area contributed by atoms with Crippen LogP contribution >= 0.6 is 0 Å². The van der Waals surface area contributed by atoms with E-state index in [4.69, 9.17) is 0 Å². The maximum atomic E-state index is 9.52. The van der Waals surface area contributed by atoms with E-state index in [1.807, 2.05) is 12.1 Å². The van der Waals surface area contributed by atoms with Crippen LogP contribution in [0.2, 0.25) is 0 Å². The molecule has 0 bridgehead atoms. The Balaban J connectivity index is 2.03. The van der Waals surface area contributed by atoms with Crippen LogP contribution in [-0.4, -0.2) is 23.7 Å². The topological polar surface area (TPSA) is 36.4 Å². The summed E-state index contributed by atoms with van der Waals surface area (Å²) in [6.45, 7) is 2.86. The lowest BCUT2D eigenvalue weighted by atomic mass is 9.85. The molecule has 3 heteroatoms. The average molecular weight is 220 g/mol. The van der Waals surface area contributed by atoms with E-state index in [0.29, 0.717) is 0 Å². The Morgan fingerprint density at radius 3 is 2.88 bits per heavy atom. The summed E-state index contributed by atoms with van der Waals surface area (Å²) in [4.78, 5) is 6.54. The predicted octanol–water partition coefficient (Wildman–Crippen LogP) is 2.37. The zero-order valence-electron chi connectivity index (χ0n) is 10.1. The standard InChI is InChI=1S/C13H20N2O/c1-10(16)12-6-7-14-13(8-12)15(2)9-11-4-3-5-11/h6-8,10-11,16H,3-5,9H2,1-2H3/t10-/m0/s1. The Labute approximate surface area is 97.1 Å². The molecule has 1 fully saturated rings. The number of aromatic nitrogens is 1. The molecular formula is C13H20N2O. The summed E-state index contributed by atoms with van der Waals surface area (Å²) >= 11 is 0. The van der Waals surface area contributed by atoms with Gasteiger partial charge in [0, 0.05) is 19.8 Å². The van der Waals surface area contributed by atoms with Crippen LogP contribution in [0.1, 0.15) is 37.9 Å². The monoisotopic (exact) mass is 220 g/mol. The summed E-state index contributed by atoms with van der Waals surface area (Å²) in [6.07, 6.45) is 5.42. The normalized spacial score (nSPS) is 17.9. The van der Waals surface area contributed by atoms with Gasteiger partial charge in [-0.2, -0.15) is 0 Å². The molecule has 88 valence electrons. The number of pyridine rings is 1. The van der Waals surface area contributed by atoms with Gasteiger partial charge in [-0.05, 0) is 43.4 Å². The van der Waals surface area contributed by atoms with Crippen molar-refractivity contribution in [2.45, 2.75) is 32.3 Å². The second kappa shape index (κ2) is 4.83. The van der Waals surface area contributed by atoms with Gasteiger partial charge >= 0.3 is 0 Å². The Hall–Kier alpha value is -1.09. The van der Waals surface area contributed by atoms with Crippen LogP contribution in [0.15, 0.2) is 18.3 Å². The predicted molar refractivity (Wildman–Crippen MR) is 65.5 cm³/mol. The van der Waals surface area contributed by atoms with Crippen molar-refractivity contribution in [3.8, 4) is 0 Å². The van der Waals surface area contributed by atoms with E-state index < -0.39 is 6.10 Å². The van der Waals surface area contributed by atoms with Gasteiger partial charge in [-0.1, -0.05) is 6.42 Å². The molecule has 1 aliphatic carbocycles. The molecule has 1 aliphatic rings. The Morgan fingerprint density at radius 2 is 2.31 bits per heavy atom. The summed E-state index contributed by atoms with van der Waals surface area (Å²) in [6, 6.07) is 3.84. The minimum absolute atomic E-state index is 0.418. The van der Waals surface area contributed by atoms with E-state index in [9.17, 15) is 5.11 Å². The minimum atomic E-state index is -0.418. The molecule has 1 N–H and O–H groups in total. The lowest BCUT2D eigenvalue weighted by molar-refractivity contribution is 0.199. The van der Waals surface area contributed by atoms with Crippen LogP contribution in [0, 0.1) is 5.92 Å². The first kappa shape index (κ1) is 11.4. The number of hydrogen-bond acceptors (Lipinski definition) is 3. The molecule has 0 aromatic carbocycles. The maximum absolute atomic E-state index is 9.52. The summed E-state index contributed by atoms with van der Waals surface area (Å²) in [7, 11) is 2.08. The number of nitrogens with zero attached hydrogens (tertiary/aromatic N) is 2. The molecular weight excluding hydrogens is 200 g/mol. The molecule has 0 aliphatic heterocycles. The van der Waals surface area contributed by atoms with Gasteiger partial charge in [0.05, 0.1) is 6.10 Å². The van der Waals surface area contributed by atoms with Gasteiger partial charge in [-0.15, -0.1) is 0 Å². The first-order chi connectivity index (χ1) is 7.66. The Kier molecular flexibility index (Phi) is 3.44. The fourth-order valence-corrected chi connectivity index (χ4v) is 2.06. The highest BCUT2D eigenvalue weighted by Gasteiger charge is 2.19. The molecule has 0 spiro atoms. The van der Waals surface area contributed by atoms with Crippen molar-refractivity contribution in [2.24, 2.45) is 5.92 Å². The van der Waals surface area contributed by atoms with Crippen molar-refractivity contribution < 1.29 is 5.11 Å². The van der Waals surface area contributed by atoms with Crippen LogP contribution in [-0.2, 0) is 0 Å². The molecule has 1 heterocycles. The van der Waals surface area contributed by atoms with E-state index in [0.717, 1.165) is 23.8 Å². The van der Waals surface area contributed by atoms with Crippen LogP contribution in [0.3, 0.4) is 0 Å². The zero-order chi connectivity index (χ0) is 11.5. The third-order valence-corrected chi connectivity index (χ3v) is 3.40. The molecule has 1 atom stereocenters. The number of aliphatic hydroxyl groups is 1. The molecule has 16 heavy (non-hydrogen) atoms. The van der Waals surface area contributed by atoms with Crippen LogP contribution in [0.5, 0.6) is 0 Å². The van der Waals surface area contributed by atoms with Gasteiger partial charge < -0.3 is 10.0 Å². The van der Waals surface area contributed by atoms with E-state index in [-0.39, 0.29) is 0 Å². The van der Waals surface area contributed by atoms with Crippen molar-refractivity contribution >= 4 is 5.82 Å². The van der Waals surface area contributed by atoms with Gasteiger partial charge in [0.25, 0.3) is 0 Å². The van der Waals surface area contributed by atoms with Crippen LogP contribution in [0.4, 0.5) is 5.82 Å². The molecule has 0 radical (unpaired) electrons. The van der Waals surface area contributed by atoms with E-state index >= 15 is 0 Å². The fourth-order valence-electron chi connectivity index (χ4n) is 2.06. The highest BCUT2D eigenvalue weighted by Crippen LogP contribution is 2.28. The minimum Gasteiger partial charge on any atom is -0.389 e. The summed E-state index contributed by atoms with van der Waals surface area (Å²) in [5.74, 6) is 1.80. The number of anilines is 1. The summed E-state index contributed by atoms with van der Waals surface area (Å²) in [5, 5.41) is 9.52. The summed E-state index contributed by atoms with van der Waals surface area (Å²) < 4.78 is 0. The highest BCUT2D eigenvalue weighted by molar-refractivity contribution is 5.40. The van der Waals surface area contributed by atoms with Crippen molar-refractivity contribution in [1.29, 1.82) is 0 Å². The maximum Gasteiger partial charge on any atom is 0.128 e. The van der Waals surface area contributed by atoms with Crippen LogP contribution < -0.4 is 4.90 Å². The molecule has 0 unspecified atom stereocenters. The van der Waals surface area contributed by atoms with Gasteiger partial charge in [0.15, 0.2) is 0 Å². The number of rotatable bonds is 4. The van der Waals surface area contributed by atoms with E-state index in [1.165, 1.54) is 19.3 Å². The average Bonchev–Trinajstić information content (AvgIpc) is 2.23. The molecule has 1 aromatic heterocycles. The Bertz CT molecular complexity index is 348. The van der Waals surface area contributed by atoms with E-state index in [1.54, 1.807) is 13.1 Å². The highest BCUT2D eigenvalue weighted by atomic mass is 16.3. The number of aliphatic hydroxyl groups excluding tert-OH is 1. The van der Waals surface area contributed by atoms with Gasteiger partial charge in [-0.3, -0.25) is 0 Å². The largest absolute Gasteiger partial charge is 0.389 e. The Morgan fingerprint density at radius 1 is 1.56 bits per heavy atom. The molecule has 3 nitrogen and oxygen atoms in total. The third-order valence-electron chi connectivity index (χ3n) is 3.40. The quantitative estimate of drug-likeness (QED) is 0.846. The van der Waals surface area contributed by atoms with Crippen molar-refractivity contribution in [1.82, 2.24) is 4.98 Å². The lowest BCUT2D eigenvalue weighted by Crippen LogP contribution is -2.29. The lowest BCUT2D eigenvalue weighted by Gasteiger charge is -2.30. The second-order valence-electron chi connectivity index (χ2n) is 4.80. The smallest absolute Gasteiger partial charge is 0.128 e. The fraction of sp³-hybridized carbons (Fsp3) is 0.615. The van der Waals surface area contributed by atoms with Crippen molar-refractivity contribution in [3.63, 3.8) is 0 Å². The van der Waals surface area contributed by atoms with Gasteiger partial charge in [0.1, 0.15) is 5.82 Å². The zero-order valence-corrected chi connectivity index (χ0v) is 10.1. The van der Waals surface area contributed by atoms with Crippen molar-refractivity contribution in [2.75, 3.05) is 18.5 Å². The van der Waals surface area contributed by atoms with Gasteiger partial charge in [0.2, 0.25) is 0 Å². The molecule has 1 saturated carbocycles. The molecule has 1 aromatic rings. The van der Waals surface area contributed by atoms with E-state index in [2.05, 4.69) is 16.9 Å². The van der Waals surface area contributed by atoms with Gasteiger partial charge in [-0.25, -0.2) is 4.98 Å².